The fourth-order valence-electron chi connectivity index (χ4n) is 4.00. The third kappa shape index (κ3) is 4.48. The Kier molecular flexibility index (Phi) is 6.14. The third-order valence-corrected chi connectivity index (χ3v) is 6.69. The lowest BCUT2D eigenvalue weighted by atomic mass is 10.1. The van der Waals surface area contributed by atoms with Crippen LogP contribution in [0, 0.1) is 0 Å². The summed E-state index contributed by atoms with van der Waals surface area (Å²) in [7, 11) is 0. The summed E-state index contributed by atoms with van der Waals surface area (Å²) in [6, 6.07) is 8.54. The molecule has 1 saturated heterocycles. The van der Waals surface area contributed by atoms with Crippen LogP contribution in [0.1, 0.15) is 57.9 Å². The second kappa shape index (κ2) is 8.94. The first kappa shape index (κ1) is 19.2. The van der Waals surface area contributed by atoms with Gasteiger partial charge in [-0.3, -0.25) is 4.79 Å². The predicted octanol–water partition coefficient (Wildman–Crippen LogP) is 3.90. The number of anilines is 2. The number of amides is 1. The molecule has 0 spiro atoms. The van der Waals surface area contributed by atoms with Gasteiger partial charge in [0.1, 0.15) is 0 Å². The van der Waals surface area contributed by atoms with Crippen LogP contribution in [0.4, 0.5) is 11.4 Å². The van der Waals surface area contributed by atoms with Gasteiger partial charge in [0, 0.05) is 24.5 Å². The Bertz CT molecular complexity index is 780. The Morgan fingerprint density at radius 1 is 1.11 bits per heavy atom. The maximum atomic E-state index is 12.6. The molecule has 1 aliphatic heterocycles. The largest absolute Gasteiger partial charge is 0.372 e. The summed E-state index contributed by atoms with van der Waals surface area (Å²) < 4.78 is 1.90. The molecule has 0 bridgehead atoms. The summed E-state index contributed by atoms with van der Waals surface area (Å²) in [5.74, 6) is -0.0308. The number of thioether (sulfide) groups is 1. The summed E-state index contributed by atoms with van der Waals surface area (Å²) in [5.41, 5.74) is 2.06. The molecule has 2 heterocycles. The van der Waals surface area contributed by atoms with Gasteiger partial charge in [-0.2, -0.15) is 0 Å². The summed E-state index contributed by atoms with van der Waals surface area (Å²) in [5, 5.41) is 15.6. The highest BCUT2D eigenvalue weighted by atomic mass is 32.2. The molecule has 1 amide bonds. The number of benzene rings is 1. The Labute approximate surface area is 170 Å². The Morgan fingerprint density at radius 2 is 1.82 bits per heavy atom. The SMILES string of the molecule is C[C@@H](Sc1nnnn1C1CCCC1)C(=O)Nc1ccc(N2CCCCC2)cc1. The zero-order valence-electron chi connectivity index (χ0n) is 16.4. The normalized spacial score (nSPS) is 19.0. The van der Waals surface area contributed by atoms with Crippen molar-refractivity contribution in [1.82, 2.24) is 20.2 Å². The Balaban J connectivity index is 1.34. The Hall–Kier alpha value is -2.09. The van der Waals surface area contributed by atoms with E-state index in [-0.39, 0.29) is 11.2 Å². The number of aromatic nitrogens is 4. The number of rotatable bonds is 6. The van der Waals surface area contributed by atoms with Gasteiger partial charge in [0.15, 0.2) is 0 Å². The molecule has 2 fully saturated rings. The first-order chi connectivity index (χ1) is 13.7. The molecular weight excluding hydrogens is 372 g/mol. The maximum Gasteiger partial charge on any atom is 0.237 e. The minimum absolute atomic E-state index is 0.0308. The topological polar surface area (TPSA) is 75.9 Å². The second-order valence-corrected chi connectivity index (χ2v) is 9.00. The fourth-order valence-corrected chi connectivity index (χ4v) is 4.86. The lowest BCUT2D eigenvalue weighted by Crippen LogP contribution is -2.29. The van der Waals surface area contributed by atoms with Gasteiger partial charge in [-0.1, -0.05) is 24.6 Å². The molecule has 1 N–H and O–H groups in total. The summed E-state index contributed by atoms with van der Waals surface area (Å²) in [4.78, 5) is 15.1. The number of piperidine rings is 1. The average molecular weight is 401 g/mol. The highest BCUT2D eigenvalue weighted by molar-refractivity contribution is 8.00. The van der Waals surface area contributed by atoms with Crippen molar-refractivity contribution in [3.05, 3.63) is 24.3 Å². The van der Waals surface area contributed by atoms with Crippen LogP contribution in [0.5, 0.6) is 0 Å². The van der Waals surface area contributed by atoms with Gasteiger partial charge >= 0.3 is 0 Å². The molecule has 7 nitrogen and oxygen atoms in total. The molecule has 2 aromatic rings. The van der Waals surface area contributed by atoms with Crippen molar-refractivity contribution < 1.29 is 4.79 Å². The Morgan fingerprint density at radius 3 is 2.54 bits per heavy atom. The lowest BCUT2D eigenvalue weighted by Gasteiger charge is -2.28. The van der Waals surface area contributed by atoms with E-state index >= 15 is 0 Å². The molecule has 4 rings (SSSR count). The lowest BCUT2D eigenvalue weighted by molar-refractivity contribution is -0.115. The highest BCUT2D eigenvalue weighted by Gasteiger charge is 2.24. The first-order valence-corrected chi connectivity index (χ1v) is 11.2. The quantitative estimate of drug-likeness (QED) is 0.741. The smallest absolute Gasteiger partial charge is 0.237 e. The number of nitrogens with one attached hydrogen (secondary N) is 1. The number of hydrogen-bond donors (Lipinski definition) is 1. The zero-order valence-corrected chi connectivity index (χ0v) is 17.2. The molecule has 0 radical (unpaired) electrons. The molecule has 150 valence electrons. The van der Waals surface area contributed by atoms with E-state index in [1.165, 1.54) is 49.6 Å². The minimum atomic E-state index is -0.270. The molecule has 1 aromatic carbocycles. The minimum Gasteiger partial charge on any atom is -0.372 e. The van der Waals surface area contributed by atoms with E-state index in [2.05, 4.69) is 37.9 Å². The van der Waals surface area contributed by atoms with Gasteiger partial charge in [-0.05, 0) is 73.7 Å². The van der Waals surface area contributed by atoms with Crippen molar-refractivity contribution in [2.45, 2.75) is 68.3 Å². The van der Waals surface area contributed by atoms with Crippen molar-refractivity contribution in [2.24, 2.45) is 0 Å². The number of carbonyl (C=O) groups is 1. The number of nitrogens with zero attached hydrogens (tertiary/aromatic N) is 5. The van der Waals surface area contributed by atoms with Crippen LogP contribution in [0.15, 0.2) is 29.4 Å². The molecule has 8 heteroatoms. The van der Waals surface area contributed by atoms with Gasteiger partial charge < -0.3 is 10.2 Å². The molecule has 28 heavy (non-hydrogen) atoms. The van der Waals surface area contributed by atoms with Gasteiger partial charge in [0.05, 0.1) is 11.3 Å². The van der Waals surface area contributed by atoms with E-state index in [0.29, 0.717) is 6.04 Å². The van der Waals surface area contributed by atoms with Crippen LogP contribution >= 0.6 is 11.8 Å². The zero-order chi connectivity index (χ0) is 19.3. The van der Waals surface area contributed by atoms with Gasteiger partial charge in [-0.25, -0.2) is 4.68 Å². The van der Waals surface area contributed by atoms with Crippen LogP contribution in [-0.2, 0) is 4.79 Å². The first-order valence-electron chi connectivity index (χ1n) is 10.3. The monoisotopic (exact) mass is 400 g/mol. The molecule has 2 aliphatic rings. The van der Waals surface area contributed by atoms with Crippen molar-refractivity contribution >= 4 is 29.0 Å². The standard InChI is InChI=1S/C20H28N6OS/c1-15(28-20-22-23-24-26(20)18-7-3-4-8-18)19(27)21-16-9-11-17(12-10-16)25-13-5-2-6-14-25/h9-12,15,18H,2-8,13-14H2,1H3,(H,21,27)/t15-/m1/s1. The van der Waals surface area contributed by atoms with Crippen molar-refractivity contribution in [2.75, 3.05) is 23.3 Å². The van der Waals surface area contributed by atoms with Crippen molar-refractivity contribution in [3.63, 3.8) is 0 Å². The number of hydrogen-bond acceptors (Lipinski definition) is 6. The number of carbonyl (C=O) groups excluding carboxylic acids is 1. The molecular formula is C20H28N6OS. The van der Waals surface area contributed by atoms with Crippen LogP contribution in [0.2, 0.25) is 0 Å². The van der Waals surface area contributed by atoms with E-state index in [0.717, 1.165) is 36.8 Å². The average Bonchev–Trinajstić information content (AvgIpc) is 3.41. The summed E-state index contributed by atoms with van der Waals surface area (Å²) in [6.07, 6.45) is 8.51. The van der Waals surface area contributed by atoms with Crippen LogP contribution in [-0.4, -0.2) is 44.5 Å². The number of tetrazole rings is 1. The van der Waals surface area contributed by atoms with Crippen molar-refractivity contribution in [3.8, 4) is 0 Å². The van der Waals surface area contributed by atoms with Gasteiger partial charge in [0.2, 0.25) is 11.1 Å². The predicted molar refractivity (Wildman–Crippen MR) is 112 cm³/mol. The molecule has 1 aliphatic carbocycles. The van der Waals surface area contributed by atoms with E-state index in [4.69, 9.17) is 0 Å². The summed E-state index contributed by atoms with van der Waals surface area (Å²) >= 11 is 1.42. The molecule has 1 saturated carbocycles. The van der Waals surface area contributed by atoms with Crippen LogP contribution in [0.3, 0.4) is 0 Å². The molecule has 1 aromatic heterocycles. The van der Waals surface area contributed by atoms with Crippen LogP contribution < -0.4 is 10.2 Å². The maximum absolute atomic E-state index is 12.6. The van der Waals surface area contributed by atoms with Crippen LogP contribution in [0.25, 0.3) is 0 Å². The molecule has 0 unspecified atom stereocenters. The van der Waals surface area contributed by atoms with E-state index in [1.54, 1.807) is 0 Å². The second-order valence-electron chi connectivity index (χ2n) is 7.69. The van der Waals surface area contributed by atoms with E-state index < -0.39 is 0 Å². The van der Waals surface area contributed by atoms with Crippen molar-refractivity contribution in [1.29, 1.82) is 0 Å². The highest BCUT2D eigenvalue weighted by Crippen LogP contribution is 2.32. The van der Waals surface area contributed by atoms with E-state index in [1.807, 2.05) is 23.7 Å². The third-order valence-electron chi connectivity index (χ3n) is 5.64. The van der Waals surface area contributed by atoms with E-state index in [9.17, 15) is 4.79 Å². The van der Waals surface area contributed by atoms with Gasteiger partial charge in [0.25, 0.3) is 0 Å². The molecule has 1 atom stereocenters. The fraction of sp³-hybridized carbons (Fsp3) is 0.600. The van der Waals surface area contributed by atoms with Gasteiger partial charge in [-0.15, -0.1) is 5.10 Å². The summed E-state index contributed by atoms with van der Waals surface area (Å²) in [6.45, 7) is 4.14.